The maximum Gasteiger partial charge on any atom is 0.147 e. The zero-order valence-electron chi connectivity index (χ0n) is 7.93. The lowest BCUT2D eigenvalue weighted by atomic mass is 10.0. The van der Waals surface area contributed by atoms with E-state index in [2.05, 4.69) is 10.6 Å². The number of carbonyl (C=O) groups is 1. The fourth-order valence-electron chi connectivity index (χ4n) is 1.98. The minimum Gasteiger partial charge on any atom is -0.317 e. The van der Waals surface area contributed by atoms with Gasteiger partial charge < -0.3 is 5.32 Å². The largest absolute Gasteiger partial charge is 0.317 e. The van der Waals surface area contributed by atoms with E-state index in [9.17, 15) is 4.79 Å². The molecule has 4 heteroatoms. The molecule has 0 aliphatic carbocycles. The van der Waals surface area contributed by atoms with Gasteiger partial charge in [0.25, 0.3) is 0 Å². The van der Waals surface area contributed by atoms with Gasteiger partial charge in [-0.25, -0.2) is 0 Å². The smallest absolute Gasteiger partial charge is 0.147 e. The summed E-state index contributed by atoms with van der Waals surface area (Å²) in [7, 11) is 0. The standard InChI is InChI=1S/C9H16N2OS/c1-7(12)8-6-13-9(11-8)2-4-10-5-3-9/h8,10-11H,2-6H2,1H3. The summed E-state index contributed by atoms with van der Waals surface area (Å²) < 4.78 is 0. The number of nitrogens with one attached hydrogen (secondary N) is 2. The maximum absolute atomic E-state index is 11.2. The Hall–Kier alpha value is -0.0600. The Labute approximate surface area is 83.0 Å². The van der Waals surface area contributed by atoms with Crippen LogP contribution in [0.5, 0.6) is 0 Å². The number of Topliss-reactive ketones (excluding diaryl/α,β-unsaturated/α-hetero) is 1. The second kappa shape index (κ2) is 3.59. The summed E-state index contributed by atoms with van der Waals surface area (Å²) in [5.41, 5.74) is 0. The van der Waals surface area contributed by atoms with Crippen LogP contribution in [0.4, 0.5) is 0 Å². The van der Waals surface area contributed by atoms with Crippen LogP contribution >= 0.6 is 11.8 Å². The van der Waals surface area contributed by atoms with E-state index in [0.717, 1.165) is 31.7 Å². The summed E-state index contributed by atoms with van der Waals surface area (Å²) in [5, 5.41) is 6.82. The highest BCUT2D eigenvalue weighted by atomic mass is 32.2. The quantitative estimate of drug-likeness (QED) is 0.641. The molecule has 2 fully saturated rings. The van der Waals surface area contributed by atoms with Gasteiger partial charge in [0.2, 0.25) is 0 Å². The van der Waals surface area contributed by atoms with Gasteiger partial charge in [0.1, 0.15) is 5.78 Å². The number of piperidine rings is 1. The minimum atomic E-state index is 0.100. The van der Waals surface area contributed by atoms with Gasteiger partial charge in [0, 0.05) is 5.75 Å². The summed E-state index contributed by atoms with van der Waals surface area (Å²) in [5.74, 6) is 1.23. The van der Waals surface area contributed by atoms with Crippen molar-refractivity contribution < 1.29 is 4.79 Å². The molecule has 3 nitrogen and oxygen atoms in total. The average Bonchev–Trinajstić information content (AvgIpc) is 2.51. The van der Waals surface area contributed by atoms with Crippen molar-refractivity contribution in [2.45, 2.75) is 30.7 Å². The fourth-order valence-corrected chi connectivity index (χ4v) is 3.50. The van der Waals surface area contributed by atoms with Gasteiger partial charge in [-0.3, -0.25) is 10.1 Å². The maximum atomic E-state index is 11.2. The van der Waals surface area contributed by atoms with Gasteiger partial charge in [0.05, 0.1) is 10.9 Å². The molecule has 2 saturated heterocycles. The molecular weight excluding hydrogens is 184 g/mol. The van der Waals surface area contributed by atoms with Crippen molar-refractivity contribution in [2.75, 3.05) is 18.8 Å². The first-order chi connectivity index (χ1) is 6.22. The first-order valence-electron chi connectivity index (χ1n) is 4.85. The highest BCUT2D eigenvalue weighted by Crippen LogP contribution is 2.37. The zero-order valence-corrected chi connectivity index (χ0v) is 8.75. The lowest BCUT2D eigenvalue weighted by Crippen LogP contribution is -2.50. The lowest BCUT2D eigenvalue weighted by molar-refractivity contribution is -0.118. The van der Waals surface area contributed by atoms with Gasteiger partial charge >= 0.3 is 0 Å². The topological polar surface area (TPSA) is 41.1 Å². The van der Waals surface area contributed by atoms with Crippen molar-refractivity contribution >= 4 is 17.5 Å². The second-order valence-electron chi connectivity index (χ2n) is 3.86. The van der Waals surface area contributed by atoms with Crippen molar-refractivity contribution in [1.82, 2.24) is 10.6 Å². The number of rotatable bonds is 1. The molecular formula is C9H16N2OS. The van der Waals surface area contributed by atoms with Crippen molar-refractivity contribution in [2.24, 2.45) is 0 Å². The molecule has 0 amide bonds. The number of ketones is 1. The van der Waals surface area contributed by atoms with Gasteiger partial charge in [-0.05, 0) is 32.9 Å². The molecule has 1 unspecified atom stereocenters. The van der Waals surface area contributed by atoms with Gasteiger partial charge in [-0.2, -0.15) is 0 Å². The molecule has 1 atom stereocenters. The third kappa shape index (κ3) is 1.90. The van der Waals surface area contributed by atoms with Crippen molar-refractivity contribution in [3.8, 4) is 0 Å². The molecule has 2 heterocycles. The molecule has 1 spiro atoms. The molecule has 13 heavy (non-hydrogen) atoms. The van der Waals surface area contributed by atoms with E-state index in [-0.39, 0.29) is 16.7 Å². The van der Waals surface area contributed by atoms with Gasteiger partial charge in [-0.1, -0.05) is 0 Å². The van der Waals surface area contributed by atoms with Crippen LogP contribution in [-0.4, -0.2) is 35.5 Å². The molecule has 2 N–H and O–H groups in total. The SMILES string of the molecule is CC(=O)C1CSC2(CCNCC2)N1. The zero-order chi connectivity index (χ0) is 9.31. The Kier molecular flexibility index (Phi) is 2.62. The van der Waals surface area contributed by atoms with Gasteiger partial charge in [0.15, 0.2) is 0 Å². The van der Waals surface area contributed by atoms with E-state index in [4.69, 9.17) is 0 Å². The monoisotopic (exact) mass is 200 g/mol. The fraction of sp³-hybridized carbons (Fsp3) is 0.889. The summed E-state index contributed by atoms with van der Waals surface area (Å²) in [6.45, 7) is 3.83. The Morgan fingerprint density at radius 1 is 1.46 bits per heavy atom. The number of carbonyl (C=O) groups excluding carboxylic acids is 1. The first-order valence-corrected chi connectivity index (χ1v) is 5.83. The normalized spacial score (nSPS) is 32.2. The van der Waals surface area contributed by atoms with E-state index in [1.807, 2.05) is 11.8 Å². The minimum absolute atomic E-state index is 0.100. The van der Waals surface area contributed by atoms with Crippen LogP contribution in [0, 0.1) is 0 Å². The Balaban J connectivity index is 1.98. The summed E-state index contributed by atoms with van der Waals surface area (Å²) in [4.78, 5) is 11.4. The van der Waals surface area contributed by atoms with Crippen LogP contribution < -0.4 is 10.6 Å². The van der Waals surface area contributed by atoms with Crippen molar-refractivity contribution in [3.63, 3.8) is 0 Å². The molecule has 0 aromatic carbocycles. The van der Waals surface area contributed by atoms with Crippen LogP contribution in [0.1, 0.15) is 19.8 Å². The molecule has 74 valence electrons. The molecule has 0 bridgehead atoms. The average molecular weight is 200 g/mol. The Bertz CT molecular complexity index is 214. The molecule has 2 aliphatic rings. The third-order valence-corrected chi connectivity index (χ3v) is 4.44. The highest BCUT2D eigenvalue weighted by Gasteiger charge is 2.41. The van der Waals surface area contributed by atoms with Gasteiger partial charge in [-0.15, -0.1) is 11.8 Å². The van der Waals surface area contributed by atoms with E-state index in [1.165, 1.54) is 0 Å². The summed E-state index contributed by atoms with van der Waals surface area (Å²) in [6, 6.07) is 0.100. The van der Waals surface area contributed by atoms with E-state index in [1.54, 1.807) is 6.92 Å². The molecule has 0 aromatic heterocycles. The molecule has 0 saturated carbocycles. The highest BCUT2D eigenvalue weighted by molar-refractivity contribution is 8.01. The van der Waals surface area contributed by atoms with E-state index in [0.29, 0.717) is 0 Å². The van der Waals surface area contributed by atoms with Crippen LogP contribution in [0.15, 0.2) is 0 Å². The Morgan fingerprint density at radius 2 is 2.15 bits per heavy atom. The van der Waals surface area contributed by atoms with Crippen molar-refractivity contribution in [3.05, 3.63) is 0 Å². The van der Waals surface area contributed by atoms with Crippen LogP contribution in [0.3, 0.4) is 0 Å². The van der Waals surface area contributed by atoms with Crippen LogP contribution in [0.25, 0.3) is 0 Å². The predicted molar refractivity (Wildman–Crippen MR) is 54.9 cm³/mol. The van der Waals surface area contributed by atoms with Crippen molar-refractivity contribution in [1.29, 1.82) is 0 Å². The molecule has 2 rings (SSSR count). The van der Waals surface area contributed by atoms with E-state index >= 15 is 0 Å². The van der Waals surface area contributed by atoms with Crippen LogP contribution in [0.2, 0.25) is 0 Å². The molecule has 2 aliphatic heterocycles. The molecule has 0 aromatic rings. The molecule has 0 radical (unpaired) electrons. The van der Waals surface area contributed by atoms with Crippen LogP contribution in [-0.2, 0) is 4.79 Å². The first kappa shape index (κ1) is 9.49. The number of hydrogen-bond donors (Lipinski definition) is 2. The third-order valence-electron chi connectivity index (χ3n) is 2.87. The Morgan fingerprint density at radius 3 is 2.69 bits per heavy atom. The summed E-state index contributed by atoms with van der Waals surface area (Å²) in [6.07, 6.45) is 2.28. The number of hydrogen-bond acceptors (Lipinski definition) is 4. The lowest BCUT2D eigenvalue weighted by Gasteiger charge is -2.33. The summed E-state index contributed by atoms with van der Waals surface area (Å²) >= 11 is 1.93. The second-order valence-corrected chi connectivity index (χ2v) is 5.27. The predicted octanol–water partition coefficient (Wildman–Crippen LogP) is 0.360. The number of thioether (sulfide) groups is 1. The van der Waals surface area contributed by atoms with E-state index < -0.39 is 0 Å².